The summed E-state index contributed by atoms with van der Waals surface area (Å²) in [4.78, 5) is 32.1. The monoisotopic (exact) mass is 538 g/mol. The van der Waals surface area contributed by atoms with Crippen molar-refractivity contribution >= 4 is 34.8 Å². The summed E-state index contributed by atoms with van der Waals surface area (Å²) in [7, 11) is 1.58. The molecule has 1 aromatic heterocycles. The summed E-state index contributed by atoms with van der Waals surface area (Å²) >= 11 is 7.89. The molecule has 2 aliphatic rings. The number of hydrogen-bond acceptors (Lipinski definition) is 5. The van der Waals surface area contributed by atoms with Crippen LogP contribution in [-0.2, 0) is 11.2 Å². The lowest BCUT2D eigenvalue weighted by atomic mass is 10.00. The second kappa shape index (κ2) is 11.2. The van der Waals surface area contributed by atoms with Crippen LogP contribution < -0.4 is 9.47 Å². The zero-order chi connectivity index (χ0) is 25.9. The number of carbonyl (C=O) groups is 2. The van der Waals surface area contributed by atoms with Crippen molar-refractivity contribution in [2.75, 3.05) is 33.4 Å². The van der Waals surface area contributed by atoms with Gasteiger partial charge >= 0.3 is 0 Å². The SMILES string of the molecule is COc1cccc(C(=O)N(CC(=O)N2CCc3sccc3[C@H]2COc2ccc(Cl)c(C)c2)CC2CC2)c1. The smallest absolute Gasteiger partial charge is 0.254 e. The Bertz CT molecular complexity index is 1290. The highest BCUT2D eigenvalue weighted by Crippen LogP contribution is 2.35. The van der Waals surface area contributed by atoms with Crippen molar-refractivity contribution in [3.8, 4) is 11.5 Å². The number of methoxy groups -OCH3 is 1. The lowest BCUT2D eigenvalue weighted by Crippen LogP contribution is -2.48. The van der Waals surface area contributed by atoms with Gasteiger partial charge in [0.1, 0.15) is 24.7 Å². The highest BCUT2D eigenvalue weighted by Gasteiger charge is 2.35. The van der Waals surface area contributed by atoms with Crippen molar-refractivity contribution < 1.29 is 19.1 Å². The van der Waals surface area contributed by atoms with Crippen LogP contribution in [0.5, 0.6) is 11.5 Å². The fraction of sp³-hybridized carbons (Fsp3) is 0.379. The number of carbonyl (C=O) groups excluding carboxylic acids is 2. The summed E-state index contributed by atoms with van der Waals surface area (Å²) in [6, 6.07) is 14.6. The molecule has 194 valence electrons. The van der Waals surface area contributed by atoms with Crippen LogP contribution in [0.1, 0.15) is 45.2 Å². The average molecular weight is 539 g/mol. The van der Waals surface area contributed by atoms with Crippen LogP contribution in [0.2, 0.25) is 5.02 Å². The zero-order valence-corrected chi connectivity index (χ0v) is 22.7. The number of aryl methyl sites for hydroxylation is 1. The Morgan fingerprint density at radius 2 is 1.97 bits per heavy atom. The Labute approximate surface area is 226 Å². The molecule has 0 bridgehead atoms. The van der Waals surface area contributed by atoms with Gasteiger partial charge in [0.25, 0.3) is 5.91 Å². The summed E-state index contributed by atoms with van der Waals surface area (Å²) in [6.45, 7) is 3.51. The number of nitrogens with zero attached hydrogens (tertiary/aromatic N) is 2. The van der Waals surface area contributed by atoms with E-state index in [1.165, 1.54) is 4.88 Å². The van der Waals surface area contributed by atoms with E-state index >= 15 is 0 Å². The van der Waals surface area contributed by atoms with Crippen LogP contribution in [0.3, 0.4) is 0 Å². The van der Waals surface area contributed by atoms with Gasteiger partial charge < -0.3 is 19.3 Å². The predicted molar refractivity (Wildman–Crippen MR) is 146 cm³/mol. The van der Waals surface area contributed by atoms with Gasteiger partial charge in [-0.1, -0.05) is 17.7 Å². The fourth-order valence-electron chi connectivity index (χ4n) is 4.78. The first kappa shape index (κ1) is 25.6. The number of halogens is 1. The zero-order valence-electron chi connectivity index (χ0n) is 21.1. The van der Waals surface area contributed by atoms with Crippen LogP contribution in [0.25, 0.3) is 0 Å². The molecule has 2 amide bonds. The van der Waals surface area contributed by atoms with Crippen LogP contribution in [0.4, 0.5) is 0 Å². The Hall–Kier alpha value is -3.03. The standard InChI is InChI=1S/C29H31ClN2O4S/c1-19-14-23(8-9-25(19)30)36-18-26-24-11-13-37-27(24)10-12-32(26)28(33)17-31(16-20-6-7-20)29(34)21-4-3-5-22(15-21)35-2/h3-5,8-9,11,13-15,20,26H,6-7,10,12,16-18H2,1-2H3/t26-/m1/s1. The van der Waals surface area contributed by atoms with Crippen LogP contribution in [-0.4, -0.2) is 55.0 Å². The van der Waals surface area contributed by atoms with E-state index < -0.39 is 0 Å². The highest BCUT2D eigenvalue weighted by atomic mass is 35.5. The third kappa shape index (κ3) is 5.94. The summed E-state index contributed by atoms with van der Waals surface area (Å²) in [6.07, 6.45) is 2.99. The number of benzene rings is 2. The summed E-state index contributed by atoms with van der Waals surface area (Å²) in [5.41, 5.74) is 2.60. The van der Waals surface area contributed by atoms with Gasteiger partial charge in [-0.25, -0.2) is 0 Å². The Morgan fingerprint density at radius 1 is 1.14 bits per heavy atom. The van der Waals surface area contributed by atoms with Crippen LogP contribution in [0, 0.1) is 12.8 Å². The third-order valence-corrected chi connectivity index (χ3v) is 8.48. The van der Waals surface area contributed by atoms with Crippen molar-refractivity contribution in [3.63, 3.8) is 0 Å². The molecule has 1 atom stereocenters. The first-order chi connectivity index (χ1) is 17.9. The molecule has 0 saturated heterocycles. The van der Waals surface area contributed by atoms with E-state index in [2.05, 4.69) is 11.4 Å². The molecule has 2 aromatic carbocycles. The number of amides is 2. The van der Waals surface area contributed by atoms with Gasteiger partial charge in [0.2, 0.25) is 5.91 Å². The number of ether oxygens (including phenoxy) is 2. The van der Waals surface area contributed by atoms with E-state index in [-0.39, 0.29) is 24.4 Å². The van der Waals surface area contributed by atoms with Gasteiger partial charge in [-0.2, -0.15) is 0 Å². The van der Waals surface area contributed by atoms with E-state index in [0.717, 1.165) is 36.1 Å². The maximum Gasteiger partial charge on any atom is 0.254 e. The number of fused-ring (bicyclic) bond motifs is 1. The van der Waals surface area contributed by atoms with E-state index in [0.29, 0.717) is 41.9 Å². The minimum Gasteiger partial charge on any atom is -0.497 e. The number of rotatable bonds is 9. The minimum absolute atomic E-state index is 0.0442. The molecule has 1 aliphatic carbocycles. The number of thiophene rings is 1. The van der Waals surface area contributed by atoms with Gasteiger partial charge in [0, 0.05) is 28.6 Å². The normalized spacial score (nSPS) is 16.7. The Morgan fingerprint density at radius 3 is 2.73 bits per heavy atom. The van der Waals surface area contributed by atoms with E-state index in [1.807, 2.05) is 36.1 Å². The molecule has 3 aromatic rings. The molecule has 0 spiro atoms. The molecular formula is C29H31ClN2O4S. The largest absolute Gasteiger partial charge is 0.497 e. The second-order valence-corrected chi connectivity index (χ2v) is 11.1. The molecule has 1 fully saturated rings. The second-order valence-electron chi connectivity index (χ2n) is 9.74. The third-order valence-electron chi connectivity index (χ3n) is 7.06. The summed E-state index contributed by atoms with van der Waals surface area (Å²) in [5.74, 6) is 1.60. The molecule has 2 heterocycles. The molecule has 37 heavy (non-hydrogen) atoms. The van der Waals surface area contributed by atoms with Crippen molar-refractivity contribution in [2.24, 2.45) is 5.92 Å². The van der Waals surface area contributed by atoms with Crippen molar-refractivity contribution in [2.45, 2.75) is 32.2 Å². The Kier molecular flexibility index (Phi) is 7.72. The van der Waals surface area contributed by atoms with Crippen molar-refractivity contribution in [1.29, 1.82) is 0 Å². The average Bonchev–Trinajstić information content (AvgIpc) is 3.60. The first-order valence-corrected chi connectivity index (χ1v) is 13.9. The lowest BCUT2D eigenvalue weighted by Gasteiger charge is -2.37. The van der Waals surface area contributed by atoms with Gasteiger partial charge in [-0.3, -0.25) is 9.59 Å². The molecule has 0 N–H and O–H groups in total. The van der Waals surface area contributed by atoms with Gasteiger partial charge in [0.15, 0.2) is 0 Å². The highest BCUT2D eigenvalue weighted by molar-refractivity contribution is 7.10. The van der Waals surface area contributed by atoms with Gasteiger partial charge in [-0.05, 0) is 91.1 Å². The molecule has 5 rings (SSSR count). The van der Waals surface area contributed by atoms with Crippen LogP contribution >= 0.6 is 22.9 Å². The molecule has 1 saturated carbocycles. The summed E-state index contributed by atoms with van der Waals surface area (Å²) < 4.78 is 11.5. The Balaban J connectivity index is 1.34. The van der Waals surface area contributed by atoms with Crippen molar-refractivity contribution in [1.82, 2.24) is 9.80 Å². The maximum atomic E-state index is 13.8. The lowest BCUT2D eigenvalue weighted by molar-refractivity contribution is -0.135. The first-order valence-electron chi connectivity index (χ1n) is 12.6. The fourth-order valence-corrected chi connectivity index (χ4v) is 5.83. The van der Waals surface area contributed by atoms with Gasteiger partial charge in [0.05, 0.1) is 13.2 Å². The van der Waals surface area contributed by atoms with E-state index in [4.69, 9.17) is 21.1 Å². The van der Waals surface area contributed by atoms with Crippen molar-refractivity contribution in [3.05, 3.63) is 80.5 Å². The maximum absolute atomic E-state index is 13.8. The minimum atomic E-state index is -0.215. The topological polar surface area (TPSA) is 59.1 Å². The molecule has 0 radical (unpaired) electrons. The van der Waals surface area contributed by atoms with E-state index in [9.17, 15) is 9.59 Å². The molecule has 0 unspecified atom stereocenters. The molecule has 8 heteroatoms. The molecular weight excluding hydrogens is 508 g/mol. The van der Waals surface area contributed by atoms with Gasteiger partial charge in [-0.15, -0.1) is 11.3 Å². The summed E-state index contributed by atoms with van der Waals surface area (Å²) in [5, 5.41) is 2.77. The molecule has 1 aliphatic heterocycles. The van der Waals surface area contributed by atoms with Crippen LogP contribution in [0.15, 0.2) is 53.9 Å². The predicted octanol–water partition coefficient (Wildman–Crippen LogP) is 5.78. The quantitative estimate of drug-likeness (QED) is 0.347. The number of hydrogen-bond donors (Lipinski definition) is 0. The molecule has 6 nitrogen and oxygen atoms in total. The van der Waals surface area contributed by atoms with E-state index in [1.54, 1.807) is 41.5 Å².